The van der Waals surface area contributed by atoms with Gasteiger partial charge in [0.1, 0.15) is 5.65 Å². The lowest BCUT2D eigenvalue weighted by atomic mass is 9.99. The number of nitrogens with zero attached hydrogens (tertiary/aromatic N) is 2. The third-order valence-electron chi connectivity index (χ3n) is 4.48. The molecular formula is C19H17Cl2N3. The highest BCUT2D eigenvalue weighted by Gasteiger charge is 2.16. The summed E-state index contributed by atoms with van der Waals surface area (Å²) >= 11 is 12.1. The number of nitrogens with one attached hydrogen (secondary N) is 1. The van der Waals surface area contributed by atoms with Gasteiger partial charge in [0.2, 0.25) is 0 Å². The molecule has 0 saturated carbocycles. The maximum Gasteiger partial charge on any atom is 0.137 e. The lowest BCUT2D eigenvalue weighted by molar-refractivity contribution is 0.294. The smallest absolute Gasteiger partial charge is 0.137 e. The highest BCUT2D eigenvalue weighted by molar-refractivity contribution is 6.42. The van der Waals surface area contributed by atoms with Gasteiger partial charge in [-0.2, -0.15) is 0 Å². The Labute approximate surface area is 150 Å². The zero-order valence-electron chi connectivity index (χ0n) is 13.1. The number of pyridine rings is 1. The first kappa shape index (κ1) is 15.7. The van der Waals surface area contributed by atoms with Gasteiger partial charge in [0, 0.05) is 43.0 Å². The zero-order valence-corrected chi connectivity index (χ0v) is 14.6. The maximum absolute atomic E-state index is 6.11. The first-order valence-electron chi connectivity index (χ1n) is 7.98. The van der Waals surface area contributed by atoms with Crippen LogP contribution in [0.3, 0.4) is 0 Å². The minimum Gasteiger partial charge on any atom is -0.346 e. The van der Waals surface area contributed by atoms with Crippen LogP contribution in [-0.2, 0) is 6.54 Å². The molecule has 2 aromatic heterocycles. The van der Waals surface area contributed by atoms with E-state index in [0.29, 0.717) is 10.0 Å². The third kappa shape index (κ3) is 3.07. The van der Waals surface area contributed by atoms with Crippen LogP contribution in [0, 0.1) is 0 Å². The number of hydrogen-bond acceptors (Lipinski definition) is 2. The second-order valence-corrected chi connectivity index (χ2v) is 6.88. The molecule has 0 amide bonds. The number of hydrogen-bond donors (Lipinski definition) is 1. The molecule has 1 N–H and O–H groups in total. The summed E-state index contributed by atoms with van der Waals surface area (Å²) in [6, 6.07) is 9.97. The molecule has 0 fully saturated rings. The highest BCUT2D eigenvalue weighted by Crippen LogP contribution is 2.29. The van der Waals surface area contributed by atoms with Gasteiger partial charge in [-0.3, -0.25) is 4.90 Å². The molecule has 122 valence electrons. The average molecular weight is 358 g/mol. The third-order valence-corrected chi connectivity index (χ3v) is 5.22. The first-order valence-corrected chi connectivity index (χ1v) is 8.74. The molecule has 1 aliphatic heterocycles. The van der Waals surface area contributed by atoms with Gasteiger partial charge in [-0.25, -0.2) is 4.98 Å². The van der Waals surface area contributed by atoms with E-state index in [1.165, 1.54) is 22.1 Å². The number of aromatic amines is 1. The molecular weight excluding hydrogens is 341 g/mol. The Morgan fingerprint density at radius 1 is 1.17 bits per heavy atom. The normalized spacial score (nSPS) is 15.7. The standard InChI is InChI=1S/C19H17Cl2N3/c20-17-4-3-13(10-18(17)21)12-24-8-5-14(6-9-24)16-11-23-19-15(16)2-1-7-22-19/h1-5,7,10-11H,6,8-9,12H2,(H,22,23). The van der Waals surface area contributed by atoms with E-state index >= 15 is 0 Å². The van der Waals surface area contributed by atoms with Crippen molar-refractivity contribution >= 4 is 39.8 Å². The SMILES string of the molecule is Clc1ccc(CN2CC=C(c3c[nH]c4ncccc34)CC2)cc1Cl. The fourth-order valence-corrected chi connectivity index (χ4v) is 3.54. The number of rotatable bonds is 3. The van der Waals surface area contributed by atoms with Crippen LogP contribution in [-0.4, -0.2) is 28.0 Å². The van der Waals surface area contributed by atoms with Gasteiger partial charge >= 0.3 is 0 Å². The summed E-state index contributed by atoms with van der Waals surface area (Å²) in [6.07, 6.45) is 7.23. The van der Waals surface area contributed by atoms with Gasteiger partial charge in [0.05, 0.1) is 10.0 Å². The number of halogens is 2. The summed E-state index contributed by atoms with van der Waals surface area (Å²) in [5.41, 5.74) is 4.80. The molecule has 0 saturated heterocycles. The maximum atomic E-state index is 6.11. The van der Waals surface area contributed by atoms with Crippen LogP contribution in [0.25, 0.3) is 16.6 Å². The van der Waals surface area contributed by atoms with Crippen molar-refractivity contribution in [3.63, 3.8) is 0 Å². The summed E-state index contributed by atoms with van der Waals surface area (Å²) in [5.74, 6) is 0. The number of fused-ring (bicyclic) bond motifs is 1. The van der Waals surface area contributed by atoms with Crippen molar-refractivity contribution in [1.29, 1.82) is 0 Å². The van der Waals surface area contributed by atoms with Gasteiger partial charge < -0.3 is 4.98 Å². The minimum atomic E-state index is 0.606. The van der Waals surface area contributed by atoms with Crippen molar-refractivity contribution in [3.05, 3.63) is 70.0 Å². The Bertz CT molecular complexity index is 914. The van der Waals surface area contributed by atoms with Gasteiger partial charge in [0.15, 0.2) is 0 Å². The molecule has 1 aromatic carbocycles. The van der Waals surface area contributed by atoms with E-state index in [0.717, 1.165) is 31.7 Å². The molecule has 0 aliphatic carbocycles. The molecule has 0 bridgehead atoms. The van der Waals surface area contributed by atoms with Gasteiger partial charge in [-0.05, 0) is 41.8 Å². The minimum absolute atomic E-state index is 0.606. The van der Waals surface area contributed by atoms with Crippen molar-refractivity contribution in [1.82, 2.24) is 14.9 Å². The monoisotopic (exact) mass is 357 g/mol. The predicted molar refractivity (Wildman–Crippen MR) is 100 cm³/mol. The van der Waals surface area contributed by atoms with E-state index in [1.807, 2.05) is 30.5 Å². The van der Waals surface area contributed by atoms with E-state index in [-0.39, 0.29) is 0 Å². The lowest BCUT2D eigenvalue weighted by Gasteiger charge is -2.26. The zero-order chi connectivity index (χ0) is 16.5. The molecule has 4 rings (SSSR count). The Hall–Kier alpha value is -1.81. The van der Waals surface area contributed by atoms with E-state index in [1.54, 1.807) is 0 Å². The second-order valence-electron chi connectivity index (χ2n) is 6.06. The molecule has 3 nitrogen and oxygen atoms in total. The van der Waals surface area contributed by atoms with E-state index < -0.39 is 0 Å². The van der Waals surface area contributed by atoms with Crippen molar-refractivity contribution in [2.75, 3.05) is 13.1 Å². The van der Waals surface area contributed by atoms with Crippen LogP contribution >= 0.6 is 23.2 Å². The topological polar surface area (TPSA) is 31.9 Å². The molecule has 0 atom stereocenters. The molecule has 0 spiro atoms. The van der Waals surface area contributed by atoms with Crippen LogP contribution in [0.2, 0.25) is 10.0 Å². The molecule has 24 heavy (non-hydrogen) atoms. The highest BCUT2D eigenvalue weighted by atomic mass is 35.5. The summed E-state index contributed by atoms with van der Waals surface area (Å²) < 4.78 is 0. The van der Waals surface area contributed by atoms with E-state index in [4.69, 9.17) is 23.2 Å². The fourth-order valence-electron chi connectivity index (χ4n) is 3.22. The van der Waals surface area contributed by atoms with Gasteiger partial charge in [0.25, 0.3) is 0 Å². The predicted octanol–water partition coefficient (Wildman–Crippen LogP) is 5.16. The van der Waals surface area contributed by atoms with Gasteiger partial charge in [-0.15, -0.1) is 0 Å². The lowest BCUT2D eigenvalue weighted by Crippen LogP contribution is -2.28. The molecule has 3 aromatic rings. The summed E-state index contributed by atoms with van der Waals surface area (Å²) in [5, 5.41) is 2.42. The van der Waals surface area contributed by atoms with Crippen molar-refractivity contribution < 1.29 is 0 Å². The van der Waals surface area contributed by atoms with Crippen LogP contribution < -0.4 is 0 Å². The van der Waals surface area contributed by atoms with Crippen LogP contribution in [0.15, 0.2) is 48.8 Å². The summed E-state index contributed by atoms with van der Waals surface area (Å²) in [6.45, 7) is 2.84. The van der Waals surface area contributed by atoms with Crippen molar-refractivity contribution in [3.8, 4) is 0 Å². The number of H-pyrrole nitrogens is 1. The van der Waals surface area contributed by atoms with Crippen LogP contribution in [0.1, 0.15) is 17.5 Å². The summed E-state index contributed by atoms with van der Waals surface area (Å²) in [4.78, 5) is 10.0. The number of aromatic nitrogens is 2. The quantitative estimate of drug-likeness (QED) is 0.701. The van der Waals surface area contributed by atoms with Crippen LogP contribution in [0.4, 0.5) is 0 Å². The summed E-state index contributed by atoms with van der Waals surface area (Å²) in [7, 11) is 0. The van der Waals surface area contributed by atoms with Crippen molar-refractivity contribution in [2.24, 2.45) is 0 Å². The largest absolute Gasteiger partial charge is 0.346 e. The Kier molecular flexibility index (Phi) is 4.31. The molecule has 5 heteroatoms. The Morgan fingerprint density at radius 2 is 2.08 bits per heavy atom. The average Bonchev–Trinajstić information content (AvgIpc) is 3.03. The van der Waals surface area contributed by atoms with E-state index in [9.17, 15) is 0 Å². The fraction of sp³-hybridized carbons (Fsp3) is 0.211. The number of benzene rings is 1. The second kappa shape index (κ2) is 6.60. The first-order chi connectivity index (χ1) is 11.7. The van der Waals surface area contributed by atoms with Gasteiger partial charge in [-0.1, -0.05) is 35.3 Å². The molecule has 0 unspecified atom stereocenters. The molecule has 3 heterocycles. The Balaban J connectivity index is 1.50. The van der Waals surface area contributed by atoms with E-state index in [2.05, 4.69) is 33.2 Å². The van der Waals surface area contributed by atoms with Crippen LogP contribution in [0.5, 0.6) is 0 Å². The molecule has 0 radical (unpaired) electrons. The van der Waals surface area contributed by atoms with Crippen molar-refractivity contribution in [2.45, 2.75) is 13.0 Å². The Morgan fingerprint density at radius 3 is 2.88 bits per heavy atom. The molecule has 1 aliphatic rings.